The monoisotopic (exact) mass is 239 g/mol. The molecule has 2 rings (SSSR count). The minimum absolute atomic E-state index is 0.401. The van der Waals surface area contributed by atoms with Gasteiger partial charge in [0.25, 0.3) is 0 Å². The molecule has 0 heterocycles. The van der Waals surface area contributed by atoms with Gasteiger partial charge in [0, 0.05) is 6.54 Å². The van der Waals surface area contributed by atoms with Crippen molar-refractivity contribution in [2.45, 2.75) is 70.3 Å². The standard InChI is InChI=1S/C15H29NO/c1-13-6-9-15(17,10-7-13)12-16-11-8-14-4-2-3-5-14/h13-14,16-17H,2-12H2,1H3. The van der Waals surface area contributed by atoms with Gasteiger partial charge in [-0.25, -0.2) is 0 Å². The van der Waals surface area contributed by atoms with Crippen LogP contribution in [0.15, 0.2) is 0 Å². The van der Waals surface area contributed by atoms with Gasteiger partial charge in [-0.2, -0.15) is 0 Å². The third-order valence-corrected chi connectivity index (χ3v) is 4.86. The molecule has 0 radical (unpaired) electrons. The van der Waals surface area contributed by atoms with Crippen molar-refractivity contribution in [3.8, 4) is 0 Å². The van der Waals surface area contributed by atoms with E-state index in [2.05, 4.69) is 12.2 Å². The van der Waals surface area contributed by atoms with Gasteiger partial charge in [0.2, 0.25) is 0 Å². The first-order valence-electron chi connectivity index (χ1n) is 7.61. The molecule has 0 aliphatic heterocycles. The fraction of sp³-hybridized carbons (Fsp3) is 1.00. The van der Waals surface area contributed by atoms with Crippen LogP contribution in [0.25, 0.3) is 0 Å². The molecule has 0 aromatic carbocycles. The minimum Gasteiger partial charge on any atom is -0.389 e. The molecule has 0 atom stereocenters. The molecule has 0 unspecified atom stereocenters. The van der Waals surface area contributed by atoms with Crippen molar-refractivity contribution in [1.82, 2.24) is 5.32 Å². The normalized spacial score (nSPS) is 35.3. The van der Waals surface area contributed by atoms with Crippen molar-refractivity contribution in [1.29, 1.82) is 0 Å². The third kappa shape index (κ3) is 4.26. The molecule has 17 heavy (non-hydrogen) atoms. The second kappa shape index (κ2) is 6.19. The Morgan fingerprint density at radius 1 is 1.12 bits per heavy atom. The van der Waals surface area contributed by atoms with E-state index in [1.165, 1.54) is 44.9 Å². The van der Waals surface area contributed by atoms with E-state index in [0.29, 0.717) is 0 Å². The van der Waals surface area contributed by atoms with Gasteiger partial charge in [-0.05, 0) is 50.5 Å². The predicted molar refractivity (Wildman–Crippen MR) is 72.0 cm³/mol. The molecule has 2 N–H and O–H groups in total. The quantitative estimate of drug-likeness (QED) is 0.723. The van der Waals surface area contributed by atoms with Crippen LogP contribution in [-0.2, 0) is 0 Å². The van der Waals surface area contributed by atoms with Crippen LogP contribution >= 0.6 is 0 Å². The Balaban J connectivity index is 1.57. The summed E-state index contributed by atoms with van der Waals surface area (Å²) in [5.74, 6) is 1.78. The summed E-state index contributed by atoms with van der Waals surface area (Å²) in [6.07, 6.45) is 11.4. The van der Waals surface area contributed by atoms with Crippen LogP contribution in [0.5, 0.6) is 0 Å². The molecule has 0 bridgehead atoms. The Bertz CT molecular complexity index is 215. The SMILES string of the molecule is CC1CCC(O)(CNCCC2CCCC2)CC1. The lowest BCUT2D eigenvalue weighted by Gasteiger charge is -2.35. The number of nitrogens with one attached hydrogen (secondary N) is 1. The van der Waals surface area contributed by atoms with Crippen molar-refractivity contribution in [2.24, 2.45) is 11.8 Å². The van der Waals surface area contributed by atoms with Gasteiger partial charge >= 0.3 is 0 Å². The first kappa shape index (κ1) is 13.4. The topological polar surface area (TPSA) is 32.3 Å². The average Bonchev–Trinajstić information content (AvgIpc) is 2.82. The summed E-state index contributed by atoms with van der Waals surface area (Å²) in [4.78, 5) is 0. The molecule has 2 nitrogen and oxygen atoms in total. The Hall–Kier alpha value is -0.0800. The highest BCUT2D eigenvalue weighted by Crippen LogP contribution is 2.31. The molecule has 0 amide bonds. The molecule has 2 saturated carbocycles. The lowest BCUT2D eigenvalue weighted by Crippen LogP contribution is -2.43. The van der Waals surface area contributed by atoms with Crippen LogP contribution < -0.4 is 5.32 Å². The van der Waals surface area contributed by atoms with Crippen molar-refractivity contribution >= 4 is 0 Å². The molecule has 2 aliphatic carbocycles. The van der Waals surface area contributed by atoms with Gasteiger partial charge in [0.05, 0.1) is 5.60 Å². The zero-order chi connectivity index (χ0) is 12.1. The Kier molecular flexibility index (Phi) is 4.87. The highest BCUT2D eigenvalue weighted by molar-refractivity contribution is 4.86. The van der Waals surface area contributed by atoms with Gasteiger partial charge < -0.3 is 10.4 Å². The Labute approximate surface area is 106 Å². The molecule has 0 aromatic rings. The van der Waals surface area contributed by atoms with E-state index in [-0.39, 0.29) is 0 Å². The maximum atomic E-state index is 10.4. The molecule has 2 fully saturated rings. The van der Waals surface area contributed by atoms with Gasteiger partial charge in [0.15, 0.2) is 0 Å². The van der Waals surface area contributed by atoms with E-state index in [0.717, 1.165) is 37.8 Å². The van der Waals surface area contributed by atoms with E-state index in [1.807, 2.05) is 0 Å². The number of hydrogen-bond donors (Lipinski definition) is 2. The summed E-state index contributed by atoms with van der Waals surface area (Å²) in [5, 5.41) is 13.9. The summed E-state index contributed by atoms with van der Waals surface area (Å²) in [6.45, 7) is 4.21. The van der Waals surface area contributed by atoms with Crippen LogP contribution in [0.2, 0.25) is 0 Å². The van der Waals surface area contributed by atoms with E-state index >= 15 is 0 Å². The van der Waals surface area contributed by atoms with Gasteiger partial charge in [-0.15, -0.1) is 0 Å². The van der Waals surface area contributed by atoms with Crippen molar-refractivity contribution < 1.29 is 5.11 Å². The summed E-state index contributed by atoms with van der Waals surface area (Å²) in [7, 11) is 0. The lowest BCUT2D eigenvalue weighted by molar-refractivity contribution is -0.00611. The highest BCUT2D eigenvalue weighted by atomic mass is 16.3. The molecule has 0 aromatic heterocycles. The Morgan fingerprint density at radius 3 is 2.41 bits per heavy atom. The molecule has 0 saturated heterocycles. The maximum absolute atomic E-state index is 10.4. The molecular weight excluding hydrogens is 210 g/mol. The predicted octanol–water partition coefficient (Wildman–Crippen LogP) is 3.10. The molecule has 2 heteroatoms. The van der Waals surface area contributed by atoms with Crippen LogP contribution in [-0.4, -0.2) is 23.8 Å². The van der Waals surface area contributed by atoms with Crippen molar-refractivity contribution in [2.75, 3.05) is 13.1 Å². The van der Waals surface area contributed by atoms with Gasteiger partial charge in [-0.1, -0.05) is 32.6 Å². The van der Waals surface area contributed by atoms with E-state index in [1.54, 1.807) is 0 Å². The van der Waals surface area contributed by atoms with Gasteiger partial charge in [0.1, 0.15) is 0 Å². The summed E-state index contributed by atoms with van der Waals surface area (Å²) >= 11 is 0. The molecular formula is C15H29NO. The summed E-state index contributed by atoms with van der Waals surface area (Å²) < 4.78 is 0. The minimum atomic E-state index is -0.401. The lowest BCUT2D eigenvalue weighted by atomic mass is 9.79. The fourth-order valence-corrected chi connectivity index (χ4v) is 3.40. The number of hydrogen-bond acceptors (Lipinski definition) is 2. The smallest absolute Gasteiger partial charge is 0.0771 e. The average molecular weight is 239 g/mol. The van der Waals surface area contributed by atoms with Crippen molar-refractivity contribution in [3.63, 3.8) is 0 Å². The van der Waals surface area contributed by atoms with E-state index < -0.39 is 5.60 Å². The second-order valence-electron chi connectivity index (χ2n) is 6.52. The van der Waals surface area contributed by atoms with E-state index in [9.17, 15) is 5.11 Å². The van der Waals surface area contributed by atoms with Gasteiger partial charge in [-0.3, -0.25) is 0 Å². The zero-order valence-electron chi connectivity index (χ0n) is 11.4. The summed E-state index contributed by atoms with van der Waals surface area (Å²) in [5.41, 5.74) is -0.401. The maximum Gasteiger partial charge on any atom is 0.0771 e. The first-order valence-corrected chi connectivity index (χ1v) is 7.61. The van der Waals surface area contributed by atoms with Crippen molar-refractivity contribution in [3.05, 3.63) is 0 Å². The number of rotatable bonds is 5. The van der Waals surface area contributed by atoms with Crippen LogP contribution in [0.1, 0.15) is 64.7 Å². The molecule has 2 aliphatic rings. The third-order valence-electron chi connectivity index (χ3n) is 4.86. The molecule has 100 valence electrons. The fourth-order valence-electron chi connectivity index (χ4n) is 3.40. The highest BCUT2D eigenvalue weighted by Gasteiger charge is 2.31. The van der Waals surface area contributed by atoms with Crippen LogP contribution in [0, 0.1) is 11.8 Å². The second-order valence-corrected chi connectivity index (χ2v) is 6.52. The Morgan fingerprint density at radius 2 is 1.76 bits per heavy atom. The van der Waals surface area contributed by atoms with Crippen LogP contribution in [0.3, 0.4) is 0 Å². The molecule has 0 spiro atoms. The largest absolute Gasteiger partial charge is 0.389 e. The van der Waals surface area contributed by atoms with Crippen LogP contribution in [0.4, 0.5) is 0 Å². The van der Waals surface area contributed by atoms with E-state index in [4.69, 9.17) is 0 Å². The first-order chi connectivity index (χ1) is 8.18. The summed E-state index contributed by atoms with van der Waals surface area (Å²) in [6, 6.07) is 0. The number of aliphatic hydroxyl groups is 1. The zero-order valence-corrected chi connectivity index (χ0v) is 11.4.